The highest BCUT2D eigenvalue weighted by Gasteiger charge is 2.41. The molecule has 1 atom stereocenters. The molecule has 1 aromatic carbocycles. The van der Waals surface area contributed by atoms with Gasteiger partial charge in [0.25, 0.3) is 5.69 Å². The van der Waals surface area contributed by atoms with Crippen molar-refractivity contribution in [1.29, 1.82) is 5.26 Å². The van der Waals surface area contributed by atoms with E-state index in [1.54, 1.807) is 18.2 Å². The van der Waals surface area contributed by atoms with E-state index in [-0.39, 0.29) is 28.6 Å². The number of carbonyl (C=O) groups excluding carboxylic acids is 1. The molecule has 0 radical (unpaired) electrons. The second-order valence-electron chi connectivity index (χ2n) is 6.62. The van der Waals surface area contributed by atoms with E-state index in [0.717, 1.165) is 5.56 Å². The van der Waals surface area contributed by atoms with E-state index in [9.17, 15) is 20.2 Å². The van der Waals surface area contributed by atoms with Gasteiger partial charge in [-0.05, 0) is 41.3 Å². The summed E-state index contributed by atoms with van der Waals surface area (Å²) >= 11 is 1.48. The van der Waals surface area contributed by atoms with Gasteiger partial charge in [-0.1, -0.05) is 12.1 Å². The summed E-state index contributed by atoms with van der Waals surface area (Å²) in [6.45, 7) is 0. The number of carbonyl (C=O) groups is 1. The van der Waals surface area contributed by atoms with Gasteiger partial charge in [0, 0.05) is 23.8 Å². The van der Waals surface area contributed by atoms with Gasteiger partial charge in [0.1, 0.15) is 11.5 Å². The van der Waals surface area contributed by atoms with E-state index in [1.165, 1.54) is 22.3 Å². The summed E-state index contributed by atoms with van der Waals surface area (Å²) in [5.74, 6) is -0.430. The standard InChI is InChI=1S/C20H16N4O3S/c21-10-13-18(12-8-9-28-11-12)19-16(6-3-7-17(19)25)23(20(13)22)14-4-1-2-5-15(14)24(26)27/h1-2,4-5,8-9,11,18H,3,6-7,22H2/t18-/m1/s1. The minimum absolute atomic E-state index is 0.0405. The van der Waals surface area contributed by atoms with Gasteiger partial charge in [-0.2, -0.15) is 16.6 Å². The Morgan fingerprint density at radius 3 is 2.75 bits per heavy atom. The number of allylic oxidation sites excluding steroid dienone is 3. The molecular weight excluding hydrogens is 376 g/mol. The van der Waals surface area contributed by atoms with Gasteiger partial charge >= 0.3 is 0 Å². The minimum atomic E-state index is -0.530. The molecule has 0 spiro atoms. The largest absolute Gasteiger partial charge is 0.384 e. The molecule has 2 N–H and O–H groups in total. The molecule has 1 aromatic heterocycles. The second kappa shape index (κ2) is 6.94. The molecule has 2 aliphatic rings. The Morgan fingerprint density at radius 1 is 1.29 bits per heavy atom. The molecular formula is C20H16N4O3S. The molecule has 2 aromatic rings. The molecule has 8 heteroatoms. The van der Waals surface area contributed by atoms with E-state index in [0.29, 0.717) is 30.5 Å². The molecule has 28 heavy (non-hydrogen) atoms. The fraction of sp³-hybridized carbons (Fsp3) is 0.200. The summed E-state index contributed by atoms with van der Waals surface area (Å²) in [6, 6.07) is 10.3. The molecule has 0 fully saturated rings. The third-order valence-corrected chi connectivity index (χ3v) is 5.81. The Bertz CT molecular complexity index is 1080. The Hall–Kier alpha value is -3.44. The summed E-state index contributed by atoms with van der Waals surface area (Å²) in [7, 11) is 0. The van der Waals surface area contributed by atoms with E-state index in [1.807, 2.05) is 16.8 Å². The van der Waals surface area contributed by atoms with Crippen LogP contribution in [0.3, 0.4) is 0 Å². The quantitative estimate of drug-likeness (QED) is 0.625. The molecule has 0 saturated heterocycles. The highest BCUT2D eigenvalue weighted by molar-refractivity contribution is 7.08. The predicted octanol–water partition coefficient (Wildman–Crippen LogP) is 3.96. The molecule has 0 unspecified atom stereocenters. The predicted molar refractivity (Wildman–Crippen MR) is 105 cm³/mol. The van der Waals surface area contributed by atoms with E-state index >= 15 is 0 Å². The van der Waals surface area contributed by atoms with Crippen LogP contribution in [0.5, 0.6) is 0 Å². The Labute approximate surface area is 165 Å². The maximum Gasteiger partial charge on any atom is 0.293 e. The van der Waals surface area contributed by atoms with Crippen molar-refractivity contribution in [1.82, 2.24) is 0 Å². The zero-order valence-electron chi connectivity index (χ0n) is 14.8. The number of hydrogen-bond donors (Lipinski definition) is 1. The smallest absolute Gasteiger partial charge is 0.293 e. The van der Waals surface area contributed by atoms with Crippen LogP contribution in [0.25, 0.3) is 0 Å². The van der Waals surface area contributed by atoms with E-state index in [2.05, 4.69) is 6.07 Å². The summed E-state index contributed by atoms with van der Waals surface area (Å²) in [5.41, 5.74) is 8.80. The first-order chi connectivity index (χ1) is 13.5. The lowest BCUT2D eigenvalue weighted by molar-refractivity contribution is -0.384. The van der Waals surface area contributed by atoms with E-state index < -0.39 is 10.8 Å². The maximum atomic E-state index is 12.9. The Morgan fingerprint density at radius 2 is 2.07 bits per heavy atom. The minimum Gasteiger partial charge on any atom is -0.384 e. The monoisotopic (exact) mass is 392 g/mol. The van der Waals surface area contributed by atoms with Crippen molar-refractivity contribution in [2.45, 2.75) is 25.2 Å². The first-order valence-electron chi connectivity index (χ1n) is 8.76. The number of para-hydroxylation sites is 2. The average molecular weight is 392 g/mol. The van der Waals surface area contributed by atoms with Crippen LogP contribution in [0.15, 0.2) is 63.8 Å². The number of ketones is 1. The van der Waals surface area contributed by atoms with Crippen LogP contribution < -0.4 is 10.6 Å². The van der Waals surface area contributed by atoms with Crippen LogP contribution in [-0.2, 0) is 4.79 Å². The number of nitrogens with two attached hydrogens (primary N) is 1. The second-order valence-corrected chi connectivity index (χ2v) is 7.40. The van der Waals surface area contributed by atoms with Crippen LogP contribution >= 0.6 is 11.3 Å². The summed E-state index contributed by atoms with van der Waals surface area (Å²) in [6.07, 6.45) is 1.59. The number of anilines is 1. The van der Waals surface area contributed by atoms with Crippen molar-refractivity contribution in [3.8, 4) is 6.07 Å². The number of nitriles is 1. The van der Waals surface area contributed by atoms with Crippen molar-refractivity contribution in [3.05, 3.63) is 79.4 Å². The highest BCUT2D eigenvalue weighted by Crippen LogP contribution is 2.47. The molecule has 4 rings (SSSR count). The number of Topliss-reactive ketones (excluding diaryl/α,β-unsaturated/α-hetero) is 1. The number of nitrogens with zero attached hydrogens (tertiary/aromatic N) is 3. The fourth-order valence-corrected chi connectivity index (χ4v) is 4.63. The SMILES string of the molecule is N#CC1=C(N)N(c2ccccc2[N+](=O)[O-])C2=C(C(=O)CCC2)[C@@H]1c1ccsc1. The van der Waals surface area contributed by atoms with Gasteiger partial charge in [-0.15, -0.1) is 0 Å². The van der Waals surface area contributed by atoms with Crippen LogP contribution in [0.2, 0.25) is 0 Å². The normalized spacial score (nSPS) is 19.5. The molecule has 0 bridgehead atoms. The van der Waals surface area contributed by atoms with Crippen LogP contribution in [0, 0.1) is 21.4 Å². The first-order valence-corrected chi connectivity index (χ1v) is 9.70. The molecule has 0 amide bonds. The topological polar surface area (TPSA) is 113 Å². The van der Waals surface area contributed by atoms with Crippen molar-refractivity contribution in [3.63, 3.8) is 0 Å². The number of thiophene rings is 1. The zero-order valence-corrected chi connectivity index (χ0v) is 15.6. The summed E-state index contributed by atoms with van der Waals surface area (Å²) in [4.78, 5) is 25.5. The van der Waals surface area contributed by atoms with Crippen LogP contribution in [0.4, 0.5) is 11.4 Å². The van der Waals surface area contributed by atoms with Gasteiger partial charge in [-0.3, -0.25) is 19.8 Å². The van der Waals surface area contributed by atoms with Crippen molar-refractivity contribution < 1.29 is 9.72 Å². The molecule has 2 heterocycles. The highest BCUT2D eigenvalue weighted by atomic mass is 32.1. The van der Waals surface area contributed by atoms with Crippen LogP contribution in [0.1, 0.15) is 30.7 Å². The van der Waals surface area contributed by atoms with Crippen LogP contribution in [-0.4, -0.2) is 10.7 Å². The third kappa shape index (κ3) is 2.68. The Balaban J connectivity index is 2.01. The number of rotatable bonds is 3. The third-order valence-electron chi connectivity index (χ3n) is 5.11. The molecule has 1 aliphatic heterocycles. The molecule has 0 saturated carbocycles. The Kier molecular flexibility index (Phi) is 4.45. The van der Waals surface area contributed by atoms with Crippen molar-refractivity contribution in [2.75, 3.05) is 4.90 Å². The molecule has 7 nitrogen and oxygen atoms in total. The lowest BCUT2D eigenvalue weighted by Crippen LogP contribution is -2.38. The maximum absolute atomic E-state index is 12.9. The lowest BCUT2D eigenvalue weighted by atomic mass is 9.76. The van der Waals surface area contributed by atoms with Gasteiger partial charge in [0.2, 0.25) is 0 Å². The first kappa shape index (κ1) is 17.9. The molecule has 1 aliphatic carbocycles. The van der Waals surface area contributed by atoms with Gasteiger partial charge in [-0.25, -0.2) is 0 Å². The van der Waals surface area contributed by atoms with Crippen molar-refractivity contribution >= 4 is 28.5 Å². The molecule has 140 valence electrons. The fourth-order valence-electron chi connectivity index (χ4n) is 3.94. The van der Waals surface area contributed by atoms with E-state index in [4.69, 9.17) is 5.73 Å². The zero-order chi connectivity index (χ0) is 19.8. The van der Waals surface area contributed by atoms with Gasteiger partial charge < -0.3 is 5.73 Å². The number of hydrogen-bond acceptors (Lipinski definition) is 7. The summed E-state index contributed by atoms with van der Waals surface area (Å²) in [5, 5.41) is 25.2. The number of nitro benzene ring substituents is 1. The number of benzene rings is 1. The number of nitro groups is 1. The summed E-state index contributed by atoms with van der Waals surface area (Å²) < 4.78 is 0. The average Bonchev–Trinajstić information content (AvgIpc) is 3.21. The lowest BCUT2D eigenvalue weighted by Gasteiger charge is -2.39. The van der Waals surface area contributed by atoms with Gasteiger partial charge in [0.05, 0.1) is 22.5 Å². The van der Waals surface area contributed by atoms with Gasteiger partial charge in [0.15, 0.2) is 5.78 Å². The van der Waals surface area contributed by atoms with Crippen molar-refractivity contribution in [2.24, 2.45) is 5.73 Å².